The number of anilines is 1. The number of esters is 1. The molecular weight excluding hydrogens is 358 g/mol. The number of rotatable bonds is 4. The highest BCUT2D eigenvalue weighted by Gasteiger charge is 2.18. The van der Waals surface area contributed by atoms with Gasteiger partial charge >= 0.3 is 5.97 Å². The minimum absolute atomic E-state index is 0.256. The van der Waals surface area contributed by atoms with E-state index in [1.165, 1.54) is 6.20 Å². The van der Waals surface area contributed by atoms with Crippen molar-refractivity contribution in [2.75, 3.05) is 25.6 Å². The summed E-state index contributed by atoms with van der Waals surface area (Å²) in [6, 6.07) is 7.42. The van der Waals surface area contributed by atoms with Gasteiger partial charge < -0.3 is 19.6 Å². The Morgan fingerprint density at radius 2 is 2.07 bits per heavy atom. The van der Waals surface area contributed by atoms with Crippen LogP contribution in [0.4, 0.5) is 5.95 Å². The number of carbonyl (C=O) groups is 1. The van der Waals surface area contributed by atoms with Gasteiger partial charge in [-0.2, -0.15) is 0 Å². The van der Waals surface area contributed by atoms with E-state index in [1.807, 2.05) is 43.3 Å². The van der Waals surface area contributed by atoms with Gasteiger partial charge in [-0.1, -0.05) is 6.07 Å². The molecule has 0 unspecified atom stereocenters. The number of ether oxygens (including phenoxy) is 1. The van der Waals surface area contributed by atoms with Crippen LogP contribution in [0, 0.1) is 0 Å². The maximum atomic E-state index is 12.4. The Morgan fingerprint density at radius 3 is 2.82 bits per heavy atom. The van der Waals surface area contributed by atoms with Crippen molar-refractivity contribution >= 4 is 33.7 Å². The first-order valence-electron chi connectivity index (χ1n) is 8.84. The summed E-state index contributed by atoms with van der Waals surface area (Å²) in [6.45, 7) is 2.00. The van der Waals surface area contributed by atoms with Gasteiger partial charge in [-0.15, -0.1) is 0 Å². The fraction of sp³-hybridized carbons (Fsp3) is 0.200. The lowest BCUT2D eigenvalue weighted by Gasteiger charge is -2.11. The van der Waals surface area contributed by atoms with E-state index in [2.05, 4.69) is 19.9 Å². The summed E-state index contributed by atoms with van der Waals surface area (Å²) < 4.78 is 5.14. The second kappa shape index (κ2) is 6.80. The molecule has 28 heavy (non-hydrogen) atoms. The molecule has 4 aromatic rings. The molecule has 4 rings (SSSR count). The van der Waals surface area contributed by atoms with E-state index in [1.54, 1.807) is 13.1 Å². The third-order valence-electron chi connectivity index (χ3n) is 4.48. The van der Waals surface area contributed by atoms with Crippen LogP contribution in [0.25, 0.3) is 33.1 Å². The predicted octanol–water partition coefficient (Wildman–Crippen LogP) is 2.71. The van der Waals surface area contributed by atoms with Crippen molar-refractivity contribution < 1.29 is 9.53 Å². The average molecular weight is 377 g/mol. The van der Waals surface area contributed by atoms with Crippen molar-refractivity contribution in [1.29, 1.82) is 0 Å². The highest BCUT2D eigenvalue weighted by molar-refractivity contribution is 6.15. The van der Waals surface area contributed by atoms with Crippen LogP contribution in [0.2, 0.25) is 0 Å². The first kappa shape index (κ1) is 17.7. The Hall–Kier alpha value is -3.68. The molecule has 142 valence electrons. The molecule has 2 N–H and O–H groups in total. The Kier molecular flexibility index (Phi) is 4.31. The first-order valence-corrected chi connectivity index (χ1v) is 8.84. The zero-order valence-corrected chi connectivity index (χ0v) is 15.7. The molecule has 0 aliphatic carbocycles. The number of carbonyl (C=O) groups excluding carboxylic acids is 1. The van der Waals surface area contributed by atoms with Crippen molar-refractivity contribution in [2.24, 2.45) is 0 Å². The molecule has 1 aromatic carbocycles. The summed E-state index contributed by atoms with van der Waals surface area (Å²) in [4.78, 5) is 41.1. The summed E-state index contributed by atoms with van der Waals surface area (Å²) in [6.07, 6.45) is 3.21. The number of aromatic amines is 2. The fourth-order valence-electron chi connectivity index (χ4n) is 3.18. The molecule has 0 amide bonds. The highest BCUT2D eigenvalue weighted by atomic mass is 16.5. The smallest absolute Gasteiger partial charge is 0.340 e. The van der Waals surface area contributed by atoms with Gasteiger partial charge in [0.1, 0.15) is 5.52 Å². The molecule has 0 saturated heterocycles. The summed E-state index contributed by atoms with van der Waals surface area (Å²) in [5.41, 5.74) is 2.61. The number of benzene rings is 1. The van der Waals surface area contributed by atoms with Crippen LogP contribution < -0.4 is 10.5 Å². The summed E-state index contributed by atoms with van der Waals surface area (Å²) in [7, 11) is 3.75. The molecule has 8 heteroatoms. The molecule has 3 aromatic heterocycles. The Morgan fingerprint density at radius 1 is 1.25 bits per heavy atom. The monoisotopic (exact) mass is 377 g/mol. The topological polar surface area (TPSA) is 104 Å². The van der Waals surface area contributed by atoms with Gasteiger partial charge in [0.05, 0.1) is 17.9 Å². The highest BCUT2D eigenvalue weighted by Crippen LogP contribution is 2.29. The number of fused-ring (bicyclic) bond motifs is 3. The van der Waals surface area contributed by atoms with Gasteiger partial charge in [-0.25, -0.2) is 14.8 Å². The van der Waals surface area contributed by atoms with Crippen molar-refractivity contribution in [3.8, 4) is 11.3 Å². The van der Waals surface area contributed by atoms with Crippen molar-refractivity contribution in [3.05, 3.63) is 52.6 Å². The standard InChI is InChI=1S/C20H19N5O3/c1-4-28-19(27)13-10-22-17-16(13)12-9-11(5-6-15(12)23-18(17)26)14-7-8-21-20(24-14)25(2)3/h5-10,22H,4H2,1-3H3,(H,23,26). The lowest BCUT2D eigenvalue weighted by molar-refractivity contribution is 0.0529. The number of H-pyrrole nitrogens is 2. The first-order chi connectivity index (χ1) is 13.5. The minimum atomic E-state index is -0.469. The summed E-state index contributed by atoms with van der Waals surface area (Å²) in [5.74, 6) is 0.126. The molecule has 0 aliphatic rings. The molecule has 0 bridgehead atoms. The zero-order valence-electron chi connectivity index (χ0n) is 15.7. The van der Waals surface area contributed by atoms with Crippen LogP contribution in [0.15, 0.2) is 41.5 Å². The molecule has 0 radical (unpaired) electrons. The van der Waals surface area contributed by atoms with E-state index in [-0.39, 0.29) is 12.2 Å². The minimum Gasteiger partial charge on any atom is -0.462 e. The Labute approximate surface area is 160 Å². The Balaban J connectivity index is 1.98. The second-order valence-electron chi connectivity index (χ2n) is 6.52. The molecule has 0 spiro atoms. The molecule has 0 aliphatic heterocycles. The SMILES string of the molecule is CCOC(=O)c1c[nH]c2c(=O)[nH]c3ccc(-c4ccnc(N(C)C)n4)cc3c12. The Bertz CT molecular complexity index is 1260. The van der Waals surface area contributed by atoms with Crippen LogP contribution in [0.3, 0.4) is 0 Å². The number of hydrogen-bond acceptors (Lipinski definition) is 6. The van der Waals surface area contributed by atoms with Crippen molar-refractivity contribution in [3.63, 3.8) is 0 Å². The predicted molar refractivity (Wildman–Crippen MR) is 108 cm³/mol. The average Bonchev–Trinajstić information content (AvgIpc) is 3.14. The van der Waals surface area contributed by atoms with Gasteiger partial charge in [-0.3, -0.25) is 4.79 Å². The summed E-state index contributed by atoms with van der Waals surface area (Å²) in [5, 5.41) is 1.28. The molecular formula is C20H19N5O3. The van der Waals surface area contributed by atoms with Crippen LogP contribution in [-0.2, 0) is 4.74 Å². The van der Waals surface area contributed by atoms with Crippen molar-refractivity contribution in [2.45, 2.75) is 6.92 Å². The lowest BCUT2D eigenvalue weighted by atomic mass is 10.0. The van der Waals surface area contributed by atoms with Gasteiger partial charge in [0.15, 0.2) is 0 Å². The molecule has 8 nitrogen and oxygen atoms in total. The normalized spacial score (nSPS) is 11.1. The maximum Gasteiger partial charge on any atom is 0.340 e. The zero-order chi connectivity index (χ0) is 19.8. The van der Waals surface area contributed by atoms with Gasteiger partial charge in [0.2, 0.25) is 5.95 Å². The third kappa shape index (κ3) is 2.88. The van der Waals surface area contributed by atoms with Crippen LogP contribution in [0.5, 0.6) is 0 Å². The second-order valence-corrected chi connectivity index (χ2v) is 6.52. The molecule has 0 atom stereocenters. The number of nitrogens with one attached hydrogen (secondary N) is 2. The number of aromatic nitrogens is 4. The fourth-order valence-corrected chi connectivity index (χ4v) is 3.18. The van der Waals surface area contributed by atoms with Gasteiger partial charge in [0, 0.05) is 48.3 Å². The van der Waals surface area contributed by atoms with E-state index in [0.717, 1.165) is 16.6 Å². The lowest BCUT2D eigenvalue weighted by Crippen LogP contribution is -2.12. The van der Waals surface area contributed by atoms with Crippen LogP contribution in [0.1, 0.15) is 17.3 Å². The largest absolute Gasteiger partial charge is 0.462 e. The van der Waals surface area contributed by atoms with Crippen LogP contribution >= 0.6 is 0 Å². The third-order valence-corrected chi connectivity index (χ3v) is 4.48. The van der Waals surface area contributed by atoms with E-state index >= 15 is 0 Å². The van der Waals surface area contributed by atoms with Crippen molar-refractivity contribution in [1.82, 2.24) is 19.9 Å². The number of pyridine rings is 1. The van der Waals surface area contributed by atoms with E-state index in [4.69, 9.17) is 4.74 Å². The number of nitrogens with zero attached hydrogens (tertiary/aromatic N) is 3. The quantitative estimate of drug-likeness (QED) is 0.530. The summed E-state index contributed by atoms with van der Waals surface area (Å²) >= 11 is 0. The van der Waals surface area contributed by atoms with Crippen LogP contribution in [-0.4, -0.2) is 46.6 Å². The van der Waals surface area contributed by atoms with E-state index in [9.17, 15) is 9.59 Å². The molecule has 0 fully saturated rings. The maximum absolute atomic E-state index is 12.4. The molecule has 3 heterocycles. The molecule has 0 saturated carbocycles. The van der Waals surface area contributed by atoms with E-state index in [0.29, 0.717) is 27.9 Å². The number of hydrogen-bond donors (Lipinski definition) is 2. The van der Waals surface area contributed by atoms with E-state index < -0.39 is 5.97 Å². The van der Waals surface area contributed by atoms with Gasteiger partial charge in [-0.05, 0) is 25.1 Å². The van der Waals surface area contributed by atoms with Gasteiger partial charge in [0.25, 0.3) is 5.56 Å².